The summed E-state index contributed by atoms with van der Waals surface area (Å²) in [7, 11) is -147. The maximum absolute atomic E-state index is 13.6. The van der Waals surface area contributed by atoms with Gasteiger partial charge in [0.05, 0.1) is 0 Å². The predicted octanol–water partition coefficient (Wildman–Crippen LogP) is -56.1. The van der Waals surface area contributed by atoms with Crippen LogP contribution in [0, 0.1) is 0 Å². The van der Waals surface area contributed by atoms with Crippen LogP contribution >= 0.6 is 0 Å². The summed E-state index contributed by atoms with van der Waals surface area (Å²) in [4.78, 5) is 442. The molecule has 0 aliphatic carbocycles. The first-order chi connectivity index (χ1) is 63.7. The SMILES string of the molecule is C[Si](C)(O)O[Si](O[Si](O[SiH2]O)([SiH2]O)[SiH2]O)([Si](O[SiH2]O)([SiH2]O)[SiH2]O)[Si](O[SiH2]O)([Si](O)([SiH2]O)[SiH2]O)[Si](O[SiH2]O)([SiH2]O)[SiH2]O.C[Si](C)(O)O[Si](O[Si](O[SiH2]O)([SiH2]O)[SiH2]O)([Si](O[SiH2]O)([SiH2]O)[SiH2]O)[Si](O[Si](O)([SiH2]O)[Si](O)(c1ccccc1)c1ccccc1)([Si](O[SiH2]O)([SiH2]O)[SiH2]O)[Si](O[SiH2]O)([SiH2]O)[SiH2]O.C[Si](O)(CCC(F)(F)F)O[Si](O[Si](O[SiH2]O)([SiH2]O)[SiH2]O)([Si](O[SiH2]O)([SiH2]O)[SiH2]O)[Si](O[SiH2]O)([SiH2]O)[SiH2]O. The summed E-state index contributed by atoms with van der Waals surface area (Å²) in [5.74, 6) is 0. The molecule has 0 spiro atoms. The molecule has 136 heavy (non-hydrogen) atoms. The molecule has 116 heteroatoms. The van der Waals surface area contributed by atoms with Crippen LogP contribution in [0.4, 0.5) is 13.2 Å². The number of halogens is 3. The highest BCUT2D eigenvalue weighted by atomic mass is 30.4. The lowest BCUT2D eigenvalue weighted by Gasteiger charge is -2.65. The predicted molar refractivity (Wildman–Crippen MR) is 617 cm³/mol. The van der Waals surface area contributed by atoms with Gasteiger partial charge in [-0.3, -0.25) is 0 Å². The van der Waals surface area contributed by atoms with Gasteiger partial charge in [0.25, 0.3) is 151 Å². The maximum Gasteiger partial charge on any atom is 0.389 e. The van der Waals surface area contributed by atoms with Gasteiger partial charge in [-0.25, -0.2) is 0 Å². The van der Waals surface area contributed by atoms with E-state index in [1.165, 1.54) is 50.5 Å². The number of alkyl halides is 3. The fourth-order valence-corrected chi connectivity index (χ4v) is 902. The van der Waals surface area contributed by atoms with Gasteiger partial charge in [0.15, 0.2) is 148 Å². The number of hydrogen-bond acceptors (Lipinski definition) is 58. The Morgan fingerprint density at radius 1 is 0.243 bits per heavy atom. The quantitative estimate of drug-likeness (QED) is 0.0274. The smallest absolute Gasteiger partial charge is 0.389 e. The monoisotopic (exact) mass is 2900 g/mol. The molecule has 0 bridgehead atoms. The highest BCUT2D eigenvalue weighted by Gasteiger charge is 2.94. The molecule has 2 aromatic rings. The van der Waals surface area contributed by atoms with E-state index in [2.05, 4.69) is 0 Å². The van der Waals surface area contributed by atoms with Gasteiger partial charge < -0.3 is 266 Å². The molecule has 0 amide bonds. The molecule has 2 aromatic carbocycles. The molecule has 0 fully saturated rings. The van der Waals surface area contributed by atoms with Crippen LogP contribution in [-0.2, 0) is 74.1 Å². The zero-order chi connectivity index (χ0) is 105. The first-order valence-corrected chi connectivity index (χ1v) is 174. The van der Waals surface area contributed by atoms with Gasteiger partial charge in [-0.2, -0.15) is 13.2 Å². The molecule has 0 radical (unpaired) electrons. The Kier molecular flexibility index (Phi) is 69.0. The maximum atomic E-state index is 13.6. The fourth-order valence-electron chi connectivity index (χ4n) is 15.0. The first kappa shape index (κ1) is 144. The Balaban J connectivity index is 0.00000209. The van der Waals surface area contributed by atoms with E-state index in [1.54, 1.807) is 36.4 Å². The Bertz CT molecular complexity index is 3460. The summed E-state index contributed by atoms with van der Waals surface area (Å²) in [5, 5.41) is 0.157. The first-order valence-electron chi connectivity index (χ1n) is 39.8. The van der Waals surface area contributed by atoms with Crippen molar-refractivity contribution in [2.75, 3.05) is 0 Å². The van der Waals surface area contributed by atoms with E-state index < -0.39 is 498 Å². The van der Waals surface area contributed by atoms with Crippen molar-refractivity contribution in [3.63, 3.8) is 0 Å². The van der Waals surface area contributed by atoms with E-state index in [9.17, 15) is 205 Å². The minimum atomic E-state index is -5.94. The zero-order valence-electron chi connectivity index (χ0n) is 74.6. The highest BCUT2D eigenvalue weighted by molar-refractivity contribution is 8.17. The lowest BCUT2D eigenvalue weighted by molar-refractivity contribution is -0.131. The number of hydrogen-bond donors (Lipinski definition) is 40. The van der Waals surface area contributed by atoms with Crippen molar-refractivity contribution in [3.05, 3.63) is 60.7 Å². The van der Waals surface area contributed by atoms with Crippen molar-refractivity contribution in [3.8, 4) is 0 Å². The standard InChI is InChI=1S/C14H58O23Si22.C4H35F3O15Si14.C2H44O20Si19/c1-51(2,28)35-55(56(45-22,46-23)32-39-16,37-54(43-20,44-21)31-38-15)59(57(47-24,48-25)33-40-17,58(49-26,50-27)34-41-18)36-53(30,42-19)52(29,13-9-5-3-6-10-13)14-11-7-4-8-12-14;1-32(17,3-2-4(5,6)7)21-34(35(28-13,29-14)19-24-9,36(30-15,31-16)20-25-10)22-33(26-11,27-12)18-23-8;1-35(2,15)21-38(39(31-11,32-12)18-24-4,22-37(29-9,30-10)17-23-3)41(20-26-6,36(16,27-7)28-8)40(33-13,34-14)19-25-5/h3-12,15-30H,38-50H2,1-2H3;8-17H,2-3,23-31H2,1H3;3-16H,23-34H2,1-2H3. The van der Waals surface area contributed by atoms with Crippen molar-refractivity contribution in [1.82, 2.24) is 0 Å². The third-order valence-electron chi connectivity index (χ3n) is 21.6. The molecule has 58 nitrogen and oxygen atoms in total. The van der Waals surface area contributed by atoms with Gasteiger partial charge in [-0.05, 0) is 49.2 Å². The number of benzene rings is 2. The molecular formula is C20H137F3O58Si55. The Labute approximate surface area is 870 Å². The molecule has 0 aliphatic rings. The minimum Gasteiger partial charge on any atom is -0.441 e. The van der Waals surface area contributed by atoms with E-state index in [0.717, 1.165) is 6.55 Å². The molecule has 5 unspecified atom stereocenters. The summed E-state index contributed by atoms with van der Waals surface area (Å²) in [5.41, 5.74) is 0. The lowest BCUT2D eigenvalue weighted by atomic mass is 10.4. The van der Waals surface area contributed by atoms with Crippen molar-refractivity contribution < 1.29 is 279 Å². The van der Waals surface area contributed by atoms with Crippen LogP contribution in [-0.4, -0.2) is 677 Å². The van der Waals surface area contributed by atoms with Crippen LogP contribution in [0.5, 0.6) is 0 Å². The summed E-state index contributed by atoms with van der Waals surface area (Å²) in [6.07, 6.45) is -6.19. The molecule has 0 saturated heterocycles. The van der Waals surface area contributed by atoms with Gasteiger partial charge in [-0.1, -0.05) is 60.7 Å². The van der Waals surface area contributed by atoms with Crippen LogP contribution < -0.4 is 10.4 Å². The summed E-state index contributed by atoms with van der Waals surface area (Å²) in [6.45, 7) is -42.9. The van der Waals surface area contributed by atoms with Gasteiger partial charge >= 0.3 is 92.9 Å². The average molecular weight is 2910 g/mol. The Hall–Kier alpha value is 7.84. The van der Waals surface area contributed by atoms with E-state index >= 15 is 0 Å². The third kappa shape index (κ3) is 31.9. The van der Waals surface area contributed by atoms with Crippen molar-refractivity contribution >= 4 is 489 Å². The largest absolute Gasteiger partial charge is 0.441 e. The van der Waals surface area contributed by atoms with E-state index in [4.69, 9.17) is 74.1 Å². The molecule has 0 heterocycles. The Morgan fingerprint density at radius 2 is 0.471 bits per heavy atom. The lowest BCUT2D eigenvalue weighted by Crippen LogP contribution is -3.08. The van der Waals surface area contributed by atoms with Crippen LogP contribution in [0.1, 0.15) is 6.42 Å². The van der Waals surface area contributed by atoms with Gasteiger partial charge in [0, 0.05) is 6.42 Å². The molecule has 40 N–H and O–H groups in total. The minimum absolute atomic E-state index is 0.0784. The summed E-state index contributed by atoms with van der Waals surface area (Å²) >= 11 is 0. The van der Waals surface area contributed by atoms with Crippen molar-refractivity contribution in [2.45, 2.75) is 51.4 Å². The fraction of sp³-hybridized carbons (Fsp3) is 0.400. The van der Waals surface area contributed by atoms with Gasteiger partial charge in [0.2, 0.25) is 92.4 Å². The second-order valence-electron chi connectivity index (χ2n) is 30.7. The molecule has 0 saturated carbocycles. The van der Waals surface area contributed by atoms with Gasteiger partial charge in [0.1, 0.15) is 0 Å². The van der Waals surface area contributed by atoms with Crippen LogP contribution in [0.15, 0.2) is 60.7 Å². The van der Waals surface area contributed by atoms with Gasteiger partial charge in [-0.15, -0.1) is 0 Å². The second kappa shape index (κ2) is 65.3. The summed E-state index contributed by atoms with van der Waals surface area (Å²) < 4.78 is 150. The third-order valence-corrected chi connectivity index (χ3v) is 542. The molecule has 806 valence electrons. The van der Waals surface area contributed by atoms with Crippen molar-refractivity contribution in [2.24, 2.45) is 0 Å². The molecule has 2 rings (SSSR count). The molecular weight excluding hydrogens is 2770 g/mol. The van der Waals surface area contributed by atoms with E-state index in [-0.39, 0.29) is 10.4 Å². The van der Waals surface area contributed by atoms with Crippen molar-refractivity contribution in [1.29, 1.82) is 0 Å². The highest BCUT2D eigenvalue weighted by Crippen LogP contribution is 2.49. The molecule has 0 aromatic heterocycles. The normalized spacial score (nSPS) is 23.8. The van der Waals surface area contributed by atoms with Crippen LogP contribution in [0.25, 0.3) is 0 Å². The molecule has 0 aliphatic heterocycles. The zero-order valence-corrected chi connectivity index (χ0v) is 144. The Morgan fingerprint density at radius 3 is 0.684 bits per heavy atom. The van der Waals surface area contributed by atoms with E-state index in [1.807, 2.05) is 0 Å². The van der Waals surface area contributed by atoms with Crippen LogP contribution in [0.3, 0.4) is 0 Å². The summed E-state index contributed by atoms with van der Waals surface area (Å²) in [6, 6.07) is 14.3. The number of rotatable bonds is 74. The molecule has 5 atom stereocenters. The topological polar surface area (TPSA) is 975 Å². The average Bonchev–Trinajstić information content (AvgIpc) is 0.657. The van der Waals surface area contributed by atoms with E-state index in [0.29, 0.717) is 0 Å². The van der Waals surface area contributed by atoms with Crippen LogP contribution in [0.2, 0.25) is 38.8 Å². The second-order valence-corrected chi connectivity index (χ2v) is 332.